The Hall–Kier alpha value is -4.20. The first-order chi connectivity index (χ1) is 16.8. The van der Waals surface area contributed by atoms with Crippen molar-refractivity contribution in [1.82, 2.24) is 16.0 Å². The molecule has 0 unspecified atom stereocenters. The molecular weight excluding hydrogens is 446 g/mol. The molecule has 35 heavy (non-hydrogen) atoms. The van der Waals surface area contributed by atoms with Crippen molar-refractivity contribution in [2.24, 2.45) is 0 Å². The minimum atomic E-state index is -1.48. The molecule has 3 amide bonds. The molecule has 0 spiro atoms. The van der Waals surface area contributed by atoms with Gasteiger partial charge in [0.05, 0.1) is 0 Å². The lowest BCUT2D eigenvalue weighted by atomic mass is 9.88. The number of fused-ring (bicyclic) bond motifs is 1. The van der Waals surface area contributed by atoms with Gasteiger partial charge in [0.2, 0.25) is 12.1 Å². The Morgan fingerprint density at radius 1 is 0.971 bits per heavy atom. The summed E-state index contributed by atoms with van der Waals surface area (Å²) in [4.78, 5) is 49.9. The fraction of sp³-hybridized carbons (Fsp3) is 0.259. The summed E-state index contributed by atoms with van der Waals surface area (Å²) in [6.07, 6.45) is -0.263. The van der Waals surface area contributed by atoms with Crippen molar-refractivity contribution in [2.45, 2.75) is 44.5 Å². The lowest BCUT2D eigenvalue weighted by Crippen LogP contribution is -2.72. The molecule has 3 aromatic rings. The number of hydrogen-bond acceptors (Lipinski definition) is 5. The highest BCUT2D eigenvalue weighted by atomic mass is 16.6. The van der Waals surface area contributed by atoms with Crippen molar-refractivity contribution >= 4 is 34.5 Å². The number of aryl methyl sites for hydroxylation is 1. The zero-order chi connectivity index (χ0) is 25.0. The molecule has 0 radical (unpaired) electrons. The predicted octanol–water partition coefficient (Wildman–Crippen LogP) is 2.31. The van der Waals surface area contributed by atoms with Gasteiger partial charge in [0.25, 0.3) is 11.8 Å². The number of ether oxygens (including phenoxy) is 1. The zero-order valence-corrected chi connectivity index (χ0v) is 19.5. The molecule has 3 aromatic carbocycles. The monoisotopic (exact) mass is 473 g/mol. The minimum absolute atomic E-state index is 0.181. The van der Waals surface area contributed by atoms with Gasteiger partial charge >= 0.3 is 5.97 Å². The van der Waals surface area contributed by atoms with E-state index in [4.69, 9.17) is 4.74 Å². The van der Waals surface area contributed by atoms with Gasteiger partial charge in [-0.3, -0.25) is 19.2 Å². The lowest BCUT2D eigenvalue weighted by molar-refractivity contribution is -0.164. The molecule has 1 aliphatic rings. The van der Waals surface area contributed by atoms with Crippen LogP contribution in [-0.2, 0) is 35.9 Å². The van der Waals surface area contributed by atoms with Gasteiger partial charge in [0.1, 0.15) is 5.54 Å². The highest BCUT2D eigenvalue weighted by Crippen LogP contribution is 2.27. The maximum atomic E-state index is 13.5. The van der Waals surface area contributed by atoms with E-state index in [2.05, 4.69) is 16.0 Å². The third-order valence-electron chi connectivity index (χ3n) is 6.10. The van der Waals surface area contributed by atoms with Gasteiger partial charge < -0.3 is 20.7 Å². The summed E-state index contributed by atoms with van der Waals surface area (Å²) in [5.41, 5.74) is 0.0921. The van der Waals surface area contributed by atoms with Crippen LogP contribution in [-0.4, -0.2) is 36.0 Å². The first-order valence-corrected chi connectivity index (χ1v) is 11.4. The highest BCUT2D eigenvalue weighted by molar-refractivity contribution is 5.98. The van der Waals surface area contributed by atoms with Crippen LogP contribution in [0.1, 0.15) is 31.4 Å². The summed E-state index contributed by atoms with van der Waals surface area (Å²) < 4.78 is 5.04. The van der Waals surface area contributed by atoms with E-state index in [9.17, 15) is 19.2 Å². The molecule has 4 rings (SSSR count). The minimum Gasteiger partial charge on any atom is -0.439 e. The normalized spacial score (nSPS) is 18.5. The molecule has 8 nitrogen and oxygen atoms in total. The standard InChI is InChI=1S/C27H27N3O5/c1-17(31)35-25-23(24(33)29-25)28-26(34)27(2,21-14-13-19-10-6-7-11-20(19)16-21)30-22(32)15-12-18-8-4-3-5-9-18/h3-11,13-14,16,23,25H,12,15H2,1-2H3,(H,28,34)(H,29,33)(H,30,32)/t23-,25+,27-/m1/s1. The number of hydrogen-bond donors (Lipinski definition) is 3. The Bertz CT molecular complexity index is 1280. The molecule has 1 heterocycles. The van der Waals surface area contributed by atoms with Gasteiger partial charge in [-0.15, -0.1) is 0 Å². The molecule has 1 saturated heterocycles. The molecule has 0 aliphatic carbocycles. The van der Waals surface area contributed by atoms with E-state index >= 15 is 0 Å². The van der Waals surface area contributed by atoms with E-state index in [1.54, 1.807) is 13.0 Å². The van der Waals surface area contributed by atoms with Crippen LogP contribution in [0.2, 0.25) is 0 Å². The van der Waals surface area contributed by atoms with Crippen LogP contribution >= 0.6 is 0 Å². The molecule has 8 heteroatoms. The predicted molar refractivity (Wildman–Crippen MR) is 130 cm³/mol. The quantitative estimate of drug-likeness (QED) is 0.343. The smallest absolute Gasteiger partial charge is 0.304 e. The SMILES string of the molecule is CC(=O)O[C@@H]1NC(=O)[C@H]1NC(=O)[C@](C)(NC(=O)CCc1ccccc1)c1ccc2ccccc2c1. The van der Waals surface area contributed by atoms with E-state index in [-0.39, 0.29) is 12.3 Å². The maximum Gasteiger partial charge on any atom is 0.304 e. The Morgan fingerprint density at radius 3 is 2.34 bits per heavy atom. The van der Waals surface area contributed by atoms with Gasteiger partial charge in [0.15, 0.2) is 6.04 Å². The van der Waals surface area contributed by atoms with E-state index in [0.29, 0.717) is 12.0 Å². The summed E-state index contributed by atoms with van der Waals surface area (Å²) in [5, 5.41) is 9.86. The van der Waals surface area contributed by atoms with Crippen LogP contribution in [0.4, 0.5) is 0 Å². The number of β-lactam (4-membered cyclic amide) rings is 1. The van der Waals surface area contributed by atoms with Crippen molar-refractivity contribution in [3.05, 3.63) is 83.9 Å². The Balaban J connectivity index is 1.59. The highest BCUT2D eigenvalue weighted by Gasteiger charge is 2.46. The van der Waals surface area contributed by atoms with Crippen LogP contribution < -0.4 is 16.0 Å². The average molecular weight is 474 g/mol. The van der Waals surface area contributed by atoms with Crippen LogP contribution in [0.25, 0.3) is 10.8 Å². The number of rotatable bonds is 8. The zero-order valence-electron chi connectivity index (χ0n) is 19.5. The Kier molecular flexibility index (Phi) is 6.82. The second-order valence-corrected chi connectivity index (χ2v) is 8.71. The van der Waals surface area contributed by atoms with Gasteiger partial charge in [-0.05, 0) is 41.3 Å². The third-order valence-corrected chi connectivity index (χ3v) is 6.10. The lowest BCUT2D eigenvalue weighted by Gasteiger charge is -2.38. The van der Waals surface area contributed by atoms with E-state index in [1.807, 2.05) is 66.7 Å². The van der Waals surface area contributed by atoms with Crippen molar-refractivity contribution < 1.29 is 23.9 Å². The van der Waals surface area contributed by atoms with Crippen LogP contribution in [0.15, 0.2) is 72.8 Å². The topological polar surface area (TPSA) is 114 Å². The first kappa shape index (κ1) is 23.9. The number of carbonyl (C=O) groups excluding carboxylic acids is 4. The third kappa shape index (κ3) is 5.32. The van der Waals surface area contributed by atoms with Crippen LogP contribution in [0, 0.1) is 0 Å². The summed E-state index contributed by atoms with van der Waals surface area (Å²) in [7, 11) is 0. The van der Waals surface area contributed by atoms with E-state index < -0.39 is 35.6 Å². The Morgan fingerprint density at radius 2 is 1.66 bits per heavy atom. The molecule has 0 aromatic heterocycles. The Labute approximate surface area is 203 Å². The van der Waals surface area contributed by atoms with Crippen LogP contribution in [0.5, 0.6) is 0 Å². The van der Waals surface area contributed by atoms with Crippen molar-refractivity contribution in [3.8, 4) is 0 Å². The fourth-order valence-electron chi connectivity index (χ4n) is 4.06. The summed E-state index contributed by atoms with van der Waals surface area (Å²) >= 11 is 0. The molecule has 3 atom stereocenters. The van der Waals surface area contributed by atoms with Crippen LogP contribution in [0.3, 0.4) is 0 Å². The number of amides is 3. The molecule has 0 saturated carbocycles. The van der Waals surface area contributed by atoms with Gasteiger partial charge in [0, 0.05) is 13.3 Å². The maximum absolute atomic E-state index is 13.5. The van der Waals surface area contributed by atoms with E-state index in [0.717, 1.165) is 16.3 Å². The largest absolute Gasteiger partial charge is 0.439 e. The first-order valence-electron chi connectivity index (χ1n) is 11.4. The van der Waals surface area contributed by atoms with Gasteiger partial charge in [-0.1, -0.05) is 66.7 Å². The molecule has 180 valence electrons. The van der Waals surface area contributed by atoms with Gasteiger partial charge in [-0.2, -0.15) is 0 Å². The second-order valence-electron chi connectivity index (χ2n) is 8.71. The second kappa shape index (κ2) is 9.97. The van der Waals surface area contributed by atoms with E-state index in [1.165, 1.54) is 6.92 Å². The number of esters is 1. The van der Waals surface area contributed by atoms with Crippen molar-refractivity contribution in [1.29, 1.82) is 0 Å². The summed E-state index contributed by atoms with van der Waals surface area (Å²) in [6, 6.07) is 21.7. The molecule has 1 aliphatic heterocycles. The van der Waals surface area contributed by atoms with Crippen molar-refractivity contribution in [2.75, 3.05) is 0 Å². The summed E-state index contributed by atoms with van der Waals surface area (Å²) in [5.74, 6) is -1.95. The molecule has 0 bridgehead atoms. The van der Waals surface area contributed by atoms with Crippen molar-refractivity contribution in [3.63, 3.8) is 0 Å². The fourth-order valence-corrected chi connectivity index (χ4v) is 4.06. The number of nitrogens with one attached hydrogen (secondary N) is 3. The average Bonchev–Trinajstić information content (AvgIpc) is 2.85. The number of carbonyl (C=O) groups is 4. The molecular formula is C27H27N3O5. The summed E-state index contributed by atoms with van der Waals surface area (Å²) in [6.45, 7) is 2.82. The van der Waals surface area contributed by atoms with Gasteiger partial charge in [-0.25, -0.2) is 0 Å². The molecule has 1 fully saturated rings. The molecule has 3 N–H and O–H groups in total. The number of benzene rings is 3.